The number of rotatable bonds is 5. The molecule has 2 N–H and O–H groups in total. The standard InChI is InChI=1S/C19H25N5O/c1-13-14(2)22-24(21-13)9-4-8-23-10-7-15(12-23)16-11-20-17-5-3-6-18(25)19(16)17/h3,5-6,11,15,20,25H,4,7-10,12H2,1-2H3/t15-/m0/s1. The minimum absolute atomic E-state index is 0.377. The zero-order valence-corrected chi connectivity index (χ0v) is 14.9. The number of benzene rings is 1. The molecule has 1 fully saturated rings. The Bertz CT molecular complexity index is 862. The normalized spacial score (nSPS) is 18.4. The highest BCUT2D eigenvalue weighted by atomic mass is 16.3. The van der Waals surface area contributed by atoms with E-state index in [1.807, 2.05) is 30.8 Å². The number of aromatic nitrogens is 4. The zero-order chi connectivity index (χ0) is 17.4. The lowest BCUT2D eigenvalue weighted by Crippen LogP contribution is -2.23. The van der Waals surface area contributed by atoms with Gasteiger partial charge in [0.05, 0.1) is 17.9 Å². The third kappa shape index (κ3) is 3.14. The maximum absolute atomic E-state index is 10.2. The molecule has 6 nitrogen and oxygen atoms in total. The Morgan fingerprint density at radius 3 is 2.80 bits per heavy atom. The number of aromatic hydroxyl groups is 1. The number of hydrogen-bond acceptors (Lipinski definition) is 4. The first-order valence-corrected chi connectivity index (χ1v) is 9.01. The van der Waals surface area contributed by atoms with Crippen LogP contribution in [0.15, 0.2) is 24.4 Å². The SMILES string of the molecule is Cc1nn(CCCN2CC[C@H](c3c[nH]c4cccc(O)c34)C2)nc1C. The molecule has 0 aliphatic carbocycles. The predicted octanol–water partition coefficient (Wildman–Crippen LogP) is 2.96. The number of fused-ring (bicyclic) bond motifs is 1. The lowest BCUT2D eigenvalue weighted by molar-refractivity contribution is 0.313. The third-order valence-electron chi connectivity index (χ3n) is 5.31. The fraction of sp³-hybridized carbons (Fsp3) is 0.474. The number of phenols is 1. The topological polar surface area (TPSA) is 70.0 Å². The lowest BCUT2D eigenvalue weighted by Gasteiger charge is -2.15. The number of nitrogens with zero attached hydrogens (tertiary/aromatic N) is 4. The molecule has 0 amide bonds. The van der Waals surface area contributed by atoms with Crippen LogP contribution in [0, 0.1) is 13.8 Å². The van der Waals surface area contributed by atoms with Gasteiger partial charge >= 0.3 is 0 Å². The van der Waals surface area contributed by atoms with Gasteiger partial charge < -0.3 is 15.0 Å². The quantitative estimate of drug-likeness (QED) is 0.750. The fourth-order valence-corrected chi connectivity index (χ4v) is 3.85. The van der Waals surface area contributed by atoms with E-state index in [1.165, 1.54) is 5.56 Å². The molecule has 0 bridgehead atoms. The van der Waals surface area contributed by atoms with Crippen molar-refractivity contribution in [2.24, 2.45) is 0 Å². The van der Waals surface area contributed by atoms with E-state index in [1.54, 1.807) is 6.07 Å². The smallest absolute Gasteiger partial charge is 0.125 e. The second-order valence-corrected chi connectivity index (χ2v) is 7.05. The molecule has 132 valence electrons. The molecule has 3 aromatic rings. The molecule has 0 unspecified atom stereocenters. The molecule has 1 aliphatic heterocycles. The van der Waals surface area contributed by atoms with Gasteiger partial charge in [-0.1, -0.05) is 6.07 Å². The Morgan fingerprint density at radius 1 is 1.20 bits per heavy atom. The Hall–Kier alpha value is -2.34. The van der Waals surface area contributed by atoms with Crippen molar-refractivity contribution in [2.75, 3.05) is 19.6 Å². The van der Waals surface area contributed by atoms with Crippen LogP contribution in [0.25, 0.3) is 10.9 Å². The minimum Gasteiger partial charge on any atom is -0.507 e. The average molecular weight is 339 g/mol. The summed E-state index contributed by atoms with van der Waals surface area (Å²) in [7, 11) is 0. The van der Waals surface area contributed by atoms with Crippen molar-refractivity contribution < 1.29 is 5.11 Å². The highest BCUT2D eigenvalue weighted by molar-refractivity contribution is 5.89. The summed E-state index contributed by atoms with van der Waals surface area (Å²) in [6.07, 6.45) is 4.26. The Kier molecular flexibility index (Phi) is 4.21. The van der Waals surface area contributed by atoms with Crippen LogP contribution < -0.4 is 0 Å². The maximum atomic E-state index is 10.2. The van der Waals surface area contributed by atoms with Crippen LogP contribution in [0.3, 0.4) is 0 Å². The van der Waals surface area contributed by atoms with Crippen LogP contribution in [0.2, 0.25) is 0 Å². The molecule has 25 heavy (non-hydrogen) atoms. The molecule has 3 heterocycles. The van der Waals surface area contributed by atoms with Crippen molar-refractivity contribution in [3.8, 4) is 5.75 Å². The van der Waals surface area contributed by atoms with E-state index in [4.69, 9.17) is 0 Å². The van der Waals surface area contributed by atoms with Crippen molar-refractivity contribution >= 4 is 10.9 Å². The number of likely N-dealkylation sites (tertiary alicyclic amines) is 1. The number of aromatic amines is 1. The zero-order valence-electron chi connectivity index (χ0n) is 14.9. The number of H-pyrrole nitrogens is 1. The van der Waals surface area contributed by atoms with Gasteiger partial charge in [0.1, 0.15) is 5.75 Å². The van der Waals surface area contributed by atoms with E-state index in [2.05, 4.69) is 26.3 Å². The first-order valence-electron chi connectivity index (χ1n) is 9.01. The first kappa shape index (κ1) is 16.1. The van der Waals surface area contributed by atoms with E-state index >= 15 is 0 Å². The number of hydrogen-bond donors (Lipinski definition) is 2. The van der Waals surface area contributed by atoms with Gasteiger partial charge in [-0.25, -0.2) is 0 Å². The molecule has 6 heteroatoms. The van der Waals surface area contributed by atoms with Gasteiger partial charge in [0.15, 0.2) is 0 Å². The summed E-state index contributed by atoms with van der Waals surface area (Å²) in [5, 5.41) is 20.1. The van der Waals surface area contributed by atoms with Crippen molar-refractivity contribution in [3.63, 3.8) is 0 Å². The number of aryl methyl sites for hydroxylation is 3. The number of nitrogens with one attached hydrogen (secondary N) is 1. The minimum atomic E-state index is 0.377. The van der Waals surface area contributed by atoms with Gasteiger partial charge in [-0.05, 0) is 57.5 Å². The van der Waals surface area contributed by atoms with E-state index in [9.17, 15) is 5.11 Å². The van der Waals surface area contributed by atoms with Crippen molar-refractivity contribution in [1.29, 1.82) is 0 Å². The second-order valence-electron chi connectivity index (χ2n) is 7.05. The molecule has 1 aromatic carbocycles. The van der Waals surface area contributed by atoms with Gasteiger partial charge in [-0.3, -0.25) is 0 Å². The van der Waals surface area contributed by atoms with Crippen LogP contribution in [-0.2, 0) is 6.54 Å². The molecule has 1 aliphatic rings. The average Bonchev–Trinajstić information content (AvgIpc) is 3.28. The highest BCUT2D eigenvalue weighted by Gasteiger charge is 2.26. The van der Waals surface area contributed by atoms with Crippen LogP contribution >= 0.6 is 0 Å². The molecule has 1 saturated heterocycles. The van der Waals surface area contributed by atoms with Gasteiger partial charge in [0.25, 0.3) is 0 Å². The molecule has 0 spiro atoms. The Balaban J connectivity index is 1.36. The predicted molar refractivity (Wildman–Crippen MR) is 97.9 cm³/mol. The Morgan fingerprint density at radius 2 is 2.00 bits per heavy atom. The van der Waals surface area contributed by atoms with Crippen LogP contribution in [0.1, 0.15) is 35.7 Å². The highest BCUT2D eigenvalue weighted by Crippen LogP contribution is 2.36. The number of phenolic OH excluding ortho intramolecular Hbond substituents is 1. The van der Waals surface area contributed by atoms with E-state index in [-0.39, 0.29) is 0 Å². The van der Waals surface area contributed by atoms with Crippen molar-refractivity contribution in [3.05, 3.63) is 41.3 Å². The molecular formula is C19H25N5O. The molecular weight excluding hydrogens is 314 g/mol. The summed E-state index contributed by atoms with van der Waals surface area (Å²) in [6, 6.07) is 5.67. The van der Waals surface area contributed by atoms with E-state index in [0.717, 1.165) is 61.3 Å². The fourth-order valence-electron chi connectivity index (χ4n) is 3.85. The first-order chi connectivity index (χ1) is 12.1. The second kappa shape index (κ2) is 6.52. The van der Waals surface area contributed by atoms with Crippen LogP contribution in [0.4, 0.5) is 0 Å². The van der Waals surface area contributed by atoms with Gasteiger partial charge in [-0.15, -0.1) is 0 Å². The van der Waals surface area contributed by atoms with Crippen LogP contribution in [0.5, 0.6) is 5.75 Å². The summed E-state index contributed by atoms with van der Waals surface area (Å²) in [6.45, 7) is 8.08. The van der Waals surface area contributed by atoms with Crippen molar-refractivity contribution in [2.45, 2.75) is 39.2 Å². The van der Waals surface area contributed by atoms with E-state index in [0.29, 0.717) is 11.7 Å². The Labute approximate surface area is 147 Å². The largest absolute Gasteiger partial charge is 0.507 e. The molecule has 0 radical (unpaired) electrons. The molecule has 2 aromatic heterocycles. The van der Waals surface area contributed by atoms with Crippen molar-refractivity contribution in [1.82, 2.24) is 24.9 Å². The molecule has 0 saturated carbocycles. The molecule has 4 rings (SSSR count). The lowest BCUT2D eigenvalue weighted by atomic mass is 9.97. The summed E-state index contributed by atoms with van der Waals surface area (Å²) in [5.74, 6) is 0.858. The van der Waals surface area contributed by atoms with Crippen LogP contribution in [-0.4, -0.2) is 49.6 Å². The van der Waals surface area contributed by atoms with Gasteiger partial charge in [-0.2, -0.15) is 15.0 Å². The van der Waals surface area contributed by atoms with Gasteiger partial charge in [0.2, 0.25) is 0 Å². The maximum Gasteiger partial charge on any atom is 0.125 e. The monoisotopic (exact) mass is 339 g/mol. The van der Waals surface area contributed by atoms with E-state index < -0.39 is 0 Å². The summed E-state index contributed by atoms with van der Waals surface area (Å²) >= 11 is 0. The summed E-state index contributed by atoms with van der Waals surface area (Å²) in [4.78, 5) is 7.62. The summed E-state index contributed by atoms with van der Waals surface area (Å²) in [5.41, 5.74) is 4.29. The third-order valence-corrected chi connectivity index (χ3v) is 5.31. The summed E-state index contributed by atoms with van der Waals surface area (Å²) < 4.78 is 0. The van der Waals surface area contributed by atoms with Gasteiger partial charge in [0, 0.05) is 29.6 Å². The molecule has 1 atom stereocenters.